The molecule has 17 heavy (non-hydrogen) atoms. The van der Waals surface area contributed by atoms with Gasteiger partial charge in [0.25, 0.3) is 9.04 Å². The third kappa shape index (κ3) is 4.71. The fourth-order valence-corrected chi connectivity index (χ4v) is 8.64. The van der Waals surface area contributed by atoms with E-state index in [0.29, 0.717) is 18.1 Å². The second-order valence-electron chi connectivity index (χ2n) is 3.99. The summed E-state index contributed by atoms with van der Waals surface area (Å²) in [7, 11) is -4.92. The molecule has 0 amide bonds. The molecule has 0 N–H and O–H groups in total. The molecule has 7 heteroatoms. The van der Waals surface area contributed by atoms with Gasteiger partial charge in [0.2, 0.25) is 0 Å². The maximum atomic E-state index is 13.3. The Bertz CT molecular complexity index is 186. The summed E-state index contributed by atoms with van der Waals surface area (Å²) in [6.45, 7) is 3.13. The minimum Gasteiger partial charge on any atom is -0.452 e. The van der Waals surface area contributed by atoms with E-state index in [1.165, 1.54) is 0 Å². The van der Waals surface area contributed by atoms with Crippen molar-refractivity contribution >= 4 is 17.4 Å². The highest BCUT2D eigenvalue weighted by Crippen LogP contribution is 2.25. The lowest BCUT2D eigenvalue weighted by molar-refractivity contribution is 0.260. The second kappa shape index (κ2) is 8.26. The smallest absolute Gasteiger partial charge is 0.279 e. The highest BCUT2D eigenvalue weighted by Gasteiger charge is 2.41. The van der Waals surface area contributed by atoms with Crippen molar-refractivity contribution in [3.63, 3.8) is 0 Å². The van der Waals surface area contributed by atoms with E-state index in [0.717, 1.165) is 0 Å². The zero-order valence-electron chi connectivity index (χ0n) is 10.6. The quantitative estimate of drug-likeness (QED) is 0.464. The maximum Gasteiger partial charge on any atom is 0.279 e. The van der Waals surface area contributed by atoms with Crippen LogP contribution in [0.25, 0.3) is 0 Å². The lowest BCUT2D eigenvalue weighted by atomic mass is 10.8. The molecule has 0 aliphatic rings. The Morgan fingerprint density at radius 3 is 1.53 bits per heavy atom. The standard InChI is InChI=1S/C10H21F4OSi2/c1-4-17(5-2,6-3)15-16(9(13)7-11)10(14)8-12/h9-10H,4-8H2,1-3H3. The predicted molar refractivity (Wildman–Crippen MR) is 65.8 cm³/mol. The van der Waals surface area contributed by atoms with Gasteiger partial charge in [-0.25, -0.2) is 17.6 Å². The van der Waals surface area contributed by atoms with Crippen LogP contribution in [-0.4, -0.2) is 42.3 Å². The van der Waals surface area contributed by atoms with Gasteiger partial charge >= 0.3 is 0 Å². The van der Waals surface area contributed by atoms with Gasteiger partial charge < -0.3 is 4.12 Å². The van der Waals surface area contributed by atoms with Crippen molar-refractivity contribution in [2.24, 2.45) is 0 Å². The molecule has 0 heterocycles. The van der Waals surface area contributed by atoms with Crippen molar-refractivity contribution in [1.29, 1.82) is 0 Å². The molecule has 0 spiro atoms. The molecule has 0 saturated heterocycles. The minimum absolute atomic E-state index is 0.714. The summed E-state index contributed by atoms with van der Waals surface area (Å²) in [6, 6.07) is 2.14. The van der Waals surface area contributed by atoms with Gasteiger partial charge in [0.05, 0.1) is 0 Å². The van der Waals surface area contributed by atoms with Crippen molar-refractivity contribution in [3.05, 3.63) is 0 Å². The normalized spacial score (nSPS) is 16.2. The van der Waals surface area contributed by atoms with Crippen molar-refractivity contribution in [1.82, 2.24) is 0 Å². The Morgan fingerprint density at radius 1 is 0.941 bits per heavy atom. The Labute approximate surface area is 103 Å². The fourth-order valence-electron chi connectivity index (χ4n) is 1.69. The molecule has 1 nitrogen and oxygen atoms in total. The van der Waals surface area contributed by atoms with E-state index in [4.69, 9.17) is 4.12 Å². The van der Waals surface area contributed by atoms with Crippen LogP contribution in [0.2, 0.25) is 18.1 Å². The van der Waals surface area contributed by atoms with E-state index in [2.05, 4.69) is 0 Å². The van der Waals surface area contributed by atoms with E-state index < -0.39 is 42.3 Å². The van der Waals surface area contributed by atoms with Gasteiger partial charge in [-0.3, -0.25) is 0 Å². The van der Waals surface area contributed by atoms with E-state index in [9.17, 15) is 17.6 Å². The molecule has 0 fully saturated rings. The average molecular weight is 289 g/mol. The van der Waals surface area contributed by atoms with E-state index >= 15 is 0 Å². The number of hydrogen-bond donors (Lipinski definition) is 0. The van der Waals surface area contributed by atoms with E-state index in [1.54, 1.807) is 0 Å². The molecule has 2 atom stereocenters. The lowest BCUT2D eigenvalue weighted by Gasteiger charge is -2.34. The monoisotopic (exact) mass is 289 g/mol. The molecule has 0 saturated carbocycles. The van der Waals surface area contributed by atoms with Gasteiger partial charge in [-0.05, 0) is 18.1 Å². The lowest BCUT2D eigenvalue weighted by Crippen LogP contribution is -2.52. The van der Waals surface area contributed by atoms with Gasteiger partial charge in [0.1, 0.15) is 24.9 Å². The first-order valence-electron chi connectivity index (χ1n) is 5.96. The molecule has 0 aromatic heterocycles. The molecule has 0 aliphatic heterocycles. The van der Waals surface area contributed by atoms with Crippen LogP contribution in [0.15, 0.2) is 0 Å². The molecule has 0 rings (SSSR count). The molecular weight excluding hydrogens is 268 g/mol. The van der Waals surface area contributed by atoms with Crippen LogP contribution in [0.5, 0.6) is 0 Å². The van der Waals surface area contributed by atoms with Crippen molar-refractivity contribution < 1.29 is 21.7 Å². The largest absolute Gasteiger partial charge is 0.452 e. The predicted octanol–water partition coefficient (Wildman–Crippen LogP) is 3.69. The van der Waals surface area contributed by atoms with Gasteiger partial charge in [-0.15, -0.1) is 0 Å². The molecular formula is C10H21F4OSi2. The SMILES string of the molecule is CC[Si](CC)(CC)O[Si](C(F)CF)C(F)CF. The van der Waals surface area contributed by atoms with Crippen molar-refractivity contribution in [2.45, 2.75) is 50.5 Å². The highest BCUT2D eigenvalue weighted by molar-refractivity contribution is 6.80. The Balaban J connectivity index is 4.82. The number of halogens is 4. The minimum atomic E-state index is -2.72. The van der Waals surface area contributed by atoms with Gasteiger partial charge in [0.15, 0.2) is 8.32 Å². The van der Waals surface area contributed by atoms with Crippen LogP contribution in [0, 0.1) is 0 Å². The summed E-state index contributed by atoms with van der Waals surface area (Å²) in [4.78, 5) is 0. The number of rotatable bonds is 9. The fraction of sp³-hybridized carbons (Fsp3) is 1.00. The molecule has 0 aromatic carbocycles. The molecule has 0 bridgehead atoms. The number of alkyl halides is 4. The summed E-state index contributed by atoms with van der Waals surface area (Å²) in [6.07, 6.45) is 0. The summed E-state index contributed by atoms with van der Waals surface area (Å²) >= 11 is 0. The summed E-state index contributed by atoms with van der Waals surface area (Å²) in [5, 5.41) is 0. The molecule has 0 aliphatic carbocycles. The van der Waals surface area contributed by atoms with Crippen LogP contribution in [0.3, 0.4) is 0 Å². The summed E-state index contributed by atoms with van der Waals surface area (Å²) in [5.74, 6) is -3.97. The van der Waals surface area contributed by atoms with Crippen LogP contribution >= 0.6 is 0 Å². The third-order valence-corrected chi connectivity index (χ3v) is 11.2. The number of hydrogen-bond acceptors (Lipinski definition) is 1. The maximum absolute atomic E-state index is 13.3. The first-order valence-corrected chi connectivity index (χ1v) is 10.0. The average Bonchev–Trinajstić information content (AvgIpc) is 2.39. The van der Waals surface area contributed by atoms with Crippen LogP contribution in [-0.2, 0) is 4.12 Å². The van der Waals surface area contributed by atoms with Gasteiger partial charge in [0, 0.05) is 0 Å². The Kier molecular flexibility index (Phi) is 8.31. The topological polar surface area (TPSA) is 9.23 Å². The van der Waals surface area contributed by atoms with E-state index in [-0.39, 0.29) is 0 Å². The van der Waals surface area contributed by atoms with Crippen LogP contribution < -0.4 is 0 Å². The Morgan fingerprint density at radius 2 is 1.29 bits per heavy atom. The molecule has 103 valence electrons. The van der Waals surface area contributed by atoms with Gasteiger partial charge in [-0.1, -0.05) is 20.8 Å². The highest BCUT2D eigenvalue weighted by atomic mass is 28.4. The summed E-state index contributed by atoms with van der Waals surface area (Å²) in [5.41, 5.74) is 0. The van der Waals surface area contributed by atoms with E-state index in [1.807, 2.05) is 20.8 Å². The summed E-state index contributed by atoms with van der Waals surface area (Å²) < 4.78 is 56.9. The molecule has 2 unspecified atom stereocenters. The van der Waals surface area contributed by atoms with Crippen LogP contribution in [0.1, 0.15) is 20.8 Å². The molecule has 0 aromatic rings. The molecule has 1 radical (unpaired) electrons. The van der Waals surface area contributed by atoms with Crippen molar-refractivity contribution in [2.75, 3.05) is 13.3 Å². The first kappa shape index (κ1) is 17.1. The second-order valence-corrected chi connectivity index (χ2v) is 11.4. The van der Waals surface area contributed by atoms with Crippen molar-refractivity contribution in [3.8, 4) is 0 Å². The third-order valence-electron chi connectivity index (χ3n) is 3.16. The Hall–Kier alpha value is 0.114. The zero-order valence-corrected chi connectivity index (χ0v) is 12.6. The zero-order chi connectivity index (χ0) is 13.5. The first-order chi connectivity index (χ1) is 8.00. The van der Waals surface area contributed by atoms with Gasteiger partial charge in [-0.2, -0.15) is 0 Å². The van der Waals surface area contributed by atoms with Crippen LogP contribution in [0.4, 0.5) is 17.6 Å².